The molecule has 1 aromatic carbocycles. The summed E-state index contributed by atoms with van der Waals surface area (Å²) in [6.45, 7) is 0. The highest BCUT2D eigenvalue weighted by Gasteiger charge is 2.27. The maximum atomic E-state index is 13.1. The van der Waals surface area contributed by atoms with E-state index in [-0.39, 0.29) is 23.6 Å². The third-order valence-corrected chi connectivity index (χ3v) is 4.06. The molecule has 2 aromatic rings. The molecule has 1 fully saturated rings. The summed E-state index contributed by atoms with van der Waals surface area (Å²) < 4.78 is 18.4. The van der Waals surface area contributed by atoms with Crippen molar-refractivity contribution >= 4 is 5.97 Å². The van der Waals surface area contributed by atoms with E-state index >= 15 is 0 Å². The fourth-order valence-electron chi connectivity index (χ4n) is 2.75. The lowest BCUT2D eigenvalue weighted by atomic mass is 9.82. The van der Waals surface area contributed by atoms with Crippen LogP contribution < -0.4 is 4.74 Å². The van der Waals surface area contributed by atoms with Gasteiger partial charge in [-0.1, -0.05) is 17.9 Å². The van der Waals surface area contributed by atoms with Crippen LogP contribution in [0.1, 0.15) is 31.2 Å². The standard InChI is InChI=1S/C19H17FN2O2/c20-17-2-1-3-18(10-17)24-19(23)16-8-6-14(7-9-16)4-5-15-11-21-13-22-12-15/h1-3,10-14,16H,6-9H2. The van der Waals surface area contributed by atoms with E-state index in [2.05, 4.69) is 21.8 Å². The number of benzene rings is 1. The Hall–Kier alpha value is -2.74. The number of hydrogen-bond acceptors (Lipinski definition) is 4. The van der Waals surface area contributed by atoms with Gasteiger partial charge in [0.15, 0.2) is 0 Å². The maximum absolute atomic E-state index is 13.1. The SMILES string of the molecule is O=C(Oc1cccc(F)c1)C1CCC(C#Cc2cncnc2)CC1. The number of carbonyl (C=O) groups excluding carboxylic acids is 1. The predicted octanol–water partition coefficient (Wildman–Crippen LogP) is 3.38. The van der Waals surface area contributed by atoms with Gasteiger partial charge in [-0.05, 0) is 37.8 Å². The van der Waals surface area contributed by atoms with Crippen LogP contribution in [0, 0.1) is 29.5 Å². The maximum Gasteiger partial charge on any atom is 0.314 e. The molecule has 1 saturated carbocycles. The number of esters is 1. The van der Waals surface area contributed by atoms with Crippen molar-refractivity contribution in [2.24, 2.45) is 11.8 Å². The summed E-state index contributed by atoms with van der Waals surface area (Å²) in [4.78, 5) is 20.0. The van der Waals surface area contributed by atoms with Crippen molar-refractivity contribution in [2.45, 2.75) is 25.7 Å². The molecule has 1 aliphatic carbocycles. The van der Waals surface area contributed by atoms with Crippen molar-refractivity contribution in [2.75, 3.05) is 0 Å². The van der Waals surface area contributed by atoms with Gasteiger partial charge in [-0.15, -0.1) is 0 Å². The fraction of sp³-hybridized carbons (Fsp3) is 0.316. The highest BCUT2D eigenvalue weighted by atomic mass is 19.1. The molecule has 1 aliphatic rings. The summed E-state index contributed by atoms with van der Waals surface area (Å²) in [5.41, 5.74) is 0.796. The van der Waals surface area contributed by atoms with Gasteiger partial charge in [0.1, 0.15) is 17.9 Å². The Morgan fingerprint density at radius 2 is 1.92 bits per heavy atom. The Morgan fingerprint density at radius 1 is 1.17 bits per heavy atom. The highest BCUT2D eigenvalue weighted by Crippen LogP contribution is 2.29. The van der Waals surface area contributed by atoms with E-state index < -0.39 is 5.82 Å². The minimum absolute atomic E-state index is 0.147. The molecule has 0 unspecified atom stereocenters. The van der Waals surface area contributed by atoms with E-state index in [0.29, 0.717) is 0 Å². The van der Waals surface area contributed by atoms with Crippen molar-refractivity contribution in [1.29, 1.82) is 0 Å². The first-order valence-electron chi connectivity index (χ1n) is 7.94. The molecule has 0 radical (unpaired) electrons. The summed E-state index contributed by atoms with van der Waals surface area (Å²) in [6.07, 6.45) is 8.01. The molecule has 3 rings (SSSR count). The van der Waals surface area contributed by atoms with Crippen LogP contribution in [0.5, 0.6) is 5.75 Å². The van der Waals surface area contributed by atoms with Gasteiger partial charge in [-0.2, -0.15) is 0 Å². The van der Waals surface area contributed by atoms with Gasteiger partial charge in [0.2, 0.25) is 0 Å². The Labute approximate surface area is 140 Å². The van der Waals surface area contributed by atoms with Crippen LogP contribution >= 0.6 is 0 Å². The first-order valence-corrected chi connectivity index (χ1v) is 7.94. The highest BCUT2D eigenvalue weighted by molar-refractivity contribution is 5.75. The molecule has 0 aliphatic heterocycles. The third-order valence-electron chi connectivity index (χ3n) is 4.06. The van der Waals surface area contributed by atoms with Gasteiger partial charge in [0.05, 0.1) is 11.5 Å². The lowest BCUT2D eigenvalue weighted by Crippen LogP contribution is -2.25. The zero-order chi connectivity index (χ0) is 16.8. The van der Waals surface area contributed by atoms with Crippen LogP contribution in [-0.4, -0.2) is 15.9 Å². The topological polar surface area (TPSA) is 52.1 Å². The molecular formula is C19H17FN2O2. The van der Waals surface area contributed by atoms with Crippen molar-refractivity contribution < 1.29 is 13.9 Å². The first-order chi connectivity index (χ1) is 11.7. The average molecular weight is 324 g/mol. The van der Waals surface area contributed by atoms with Crippen LogP contribution in [0.3, 0.4) is 0 Å². The molecule has 1 heterocycles. The summed E-state index contributed by atoms with van der Waals surface area (Å²) in [7, 11) is 0. The van der Waals surface area contributed by atoms with Crippen LogP contribution in [-0.2, 0) is 4.79 Å². The van der Waals surface area contributed by atoms with E-state index in [1.54, 1.807) is 18.5 Å². The molecule has 122 valence electrons. The van der Waals surface area contributed by atoms with Crippen molar-refractivity contribution in [3.63, 3.8) is 0 Å². The average Bonchev–Trinajstić information content (AvgIpc) is 2.61. The zero-order valence-electron chi connectivity index (χ0n) is 13.1. The Kier molecular flexibility index (Phi) is 5.17. The minimum atomic E-state index is -0.413. The molecular weight excluding hydrogens is 307 g/mol. The van der Waals surface area contributed by atoms with E-state index in [9.17, 15) is 9.18 Å². The molecule has 0 N–H and O–H groups in total. The van der Waals surface area contributed by atoms with Crippen molar-refractivity contribution in [3.05, 3.63) is 54.4 Å². The molecule has 0 amide bonds. The van der Waals surface area contributed by atoms with E-state index in [4.69, 9.17) is 4.74 Å². The Balaban J connectivity index is 1.51. The zero-order valence-corrected chi connectivity index (χ0v) is 13.1. The second-order valence-electron chi connectivity index (χ2n) is 5.82. The van der Waals surface area contributed by atoms with Crippen LogP contribution in [0.15, 0.2) is 43.0 Å². The Bertz CT molecular complexity index is 760. The summed E-state index contributed by atoms with van der Waals surface area (Å²) in [5.74, 6) is 5.97. The van der Waals surface area contributed by atoms with E-state index in [1.165, 1.54) is 24.5 Å². The van der Waals surface area contributed by atoms with Gasteiger partial charge in [-0.3, -0.25) is 4.79 Å². The van der Waals surface area contributed by atoms with Crippen LogP contribution in [0.4, 0.5) is 4.39 Å². The van der Waals surface area contributed by atoms with Crippen LogP contribution in [0.25, 0.3) is 0 Å². The van der Waals surface area contributed by atoms with Gasteiger partial charge in [-0.25, -0.2) is 14.4 Å². The van der Waals surface area contributed by atoms with Gasteiger partial charge >= 0.3 is 5.97 Å². The number of halogens is 1. The number of rotatable bonds is 2. The number of hydrogen-bond donors (Lipinski definition) is 0. The molecule has 0 atom stereocenters. The molecule has 4 nitrogen and oxygen atoms in total. The van der Waals surface area contributed by atoms with E-state index in [0.717, 1.165) is 31.2 Å². The third kappa shape index (κ3) is 4.39. The molecule has 0 spiro atoms. The smallest absolute Gasteiger partial charge is 0.314 e. The largest absolute Gasteiger partial charge is 0.426 e. The van der Waals surface area contributed by atoms with Crippen LogP contribution in [0.2, 0.25) is 0 Å². The number of carbonyl (C=O) groups is 1. The normalized spacial score (nSPS) is 19.9. The lowest BCUT2D eigenvalue weighted by molar-refractivity contribution is -0.140. The minimum Gasteiger partial charge on any atom is -0.426 e. The van der Waals surface area contributed by atoms with Gasteiger partial charge < -0.3 is 4.74 Å². The van der Waals surface area contributed by atoms with Gasteiger partial charge in [0, 0.05) is 24.4 Å². The second-order valence-corrected chi connectivity index (χ2v) is 5.82. The molecule has 0 saturated heterocycles. The Morgan fingerprint density at radius 3 is 2.62 bits per heavy atom. The van der Waals surface area contributed by atoms with Gasteiger partial charge in [0.25, 0.3) is 0 Å². The lowest BCUT2D eigenvalue weighted by Gasteiger charge is -2.24. The quantitative estimate of drug-likeness (QED) is 0.483. The first kappa shape index (κ1) is 16.1. The van der Waals surface area contributed by atoms with Crippen molar-refractivity contribution in [3.8, 4) is 17.6 Å². The molecule has 5 heteroatoms. The number of ether oxygens (including phenoxy) is 1. The summed E-state index contributed by atoms with van der Waals surface area (Å²) in [6, 6.07) is 5.65. The fourth-order valence-corrected chi connectivity index (χ4v) is 2.75. The molecule has 0 bridgehead atoms. The predicted molar refractivity (Wildman–Crippen MR) is 86.4 cm³/mol. The number of nitrogens with zero attached hydrogens (tertiary/aromatic N) is 2. The second kappa shape index (κ2) is 7.69. The summed E-state index contributed by atoms with van der Waals surface area (Å²) >= 11 is 0. The molecule has 1 aromatic heterocycles. The summed E-state index contributed by atoms with van der Waals surface area (Å²) in [5, 5.41) is 0. The monoisotopic (exact) mass is 324 g/mol. The molecule has 24 heavy (non-hydrogen) atoms. The number of aromatic nitrogens is 2. The van der Waals surface area contributed by atoms with Crippen molar-refractivity contribution in [1.82, 2.24) is 9.97 Å². The van der Waals surface area contributed by atoms with E-state index in [1.807, 2.05) is 0 Å².